The molecule has 6 N–H and O–H groups in total. The average Bonchev–Trinajstić information content (AvgIpc) is 1.62. The van der Waals surface area contributed by atoms with E-state index in [0.717, 1.165) is 22.4 Å². The van der Waals surface area contributed by atoms with Crippen LogP contribution in [-0.4, -0.2) is 118 Å². The van der Waals surface area contributed by atoms with E-state index in [2.05, 4.69) is 50.7 Å². The average molecular weight is 1850 g/mol. The van der Waals surface area contributed by atoms with Gasteiger partial charge in [0.15, 0.2) is 44.0 Å². The maximum absolute atomic E-state index is 12.3. The number of rotatable bonds is 17. The quantitative estimate of drug-likeness (QED) is 0.0321. The first kappa shape index (κ1) is 96.2. The SMILES string of the molecule is C.C.CCOC(=O)c1csc(-c2cc(Cl)c(OC)c(Cl)c2)n1.CCOC(=O)c1csc(Br)n1.COc1c(Cl)cc(B2OC(C)(C)C(C)(C)O2)cc1Cl.NCc1cccc(OC(F)(F)F)c1.O=C(NCc1cccc(OC(F)(F)F)c1)c1csc(-c2cc(Cl)c(O)c(Cl)c2)n1.O=C(O)c1csc(-c2cc(Cl)c(O)c(Cl)c2)n1.[2HH]. The largest absolute Gasteiger partial charge is 0.573 e. The molecule has 1 saturated heterocycles. The second kappa shape index (κ2) is 43.4. The summed E-state index contributed by atoms with van der Waals surface area (Å²) in [6.45, 7) is 12.4. The van der Waals surface area contributed by atoms with Crippen LogP contribution in [0.1, 0.15) is 111 Å². The van der Waals surface area contributed by atoms with Crippen LogP contribution in [0.5, 0.6) is 34.5 Å². The summed E-state index contributed by atoms with van der Waals surface area (Å²) in [6, 6.07) is 23.7. The van der Waals surface area contributed by atoms with Gasteiger partial charge >= 0.3 is 37.8 Å². The summed E-state index contributed by atoms with van der Waals surface area (Å²) in [5, 5.41) is 40.1. The number of phenols is 2. The summed E-state index contributed by atoms with van der Waals surface area (Å²) >= 11 is 55.9. The van der Waals surface area contributed by atoms with Crippen LogP contribution in [0.15, 0.2) is 122 Å². The summed E-state index contributed by atoms with van der Waals surface area (Å²) in [6.07, 6.45) is -9.44. The van der Waals surface area contributed by atoms with Gasteiger partial charge in [0, 0.05) is 52.7 Å². The molecule has 1 aliphatic heterocycles. The Hall–Kier alpha value is -7.16. The molecule has 0 atom stereocenters. The second-order valence-electron chi connectivity index (χ2n) is 22.3. The molecule has 41 heteroatoms. The number of hydrogen-bond donors (Lipinski definition) is 5. The number of carbonyl (C=O) groups is 4. The number of carbonyl (C=O) groups excluding carboxylic acids is 3. The standard InChI is InChI=1S/C18H11Cl2F3N2O3S.C13H17BCl2O3.C13H11Cl2NO3S.C10H5Cl2NO3S.C8H8F3NO.C6H6BrNO2S.2CH4.H2/c19-12-5-10(6-13(20)15(12)26)17-25-14(8-29-17)16(27)24-7-9-2-1-3-11(4-9)28-18(21,22)23;1-12(2)13(3,4)19-14(18-12)8-6-9(15)11(17-5)10(16)7-8;1-3-19-13(17)10-6-20-12(16-10)7-4-8(14)11(18-2)9(15)5-7;11-5-1-4(2-6(12)8(5)14)9-13-7(3-17-9)10(15)16;9-8(10,11)13-7-3-1-2-6(4-7)5-12;1-2-10-5(9)4-3-11-6(7)8-4;;;/h1-6,8,26H,7H2,(H,24,27);6-7H,1-5H3;4-6H,3H2,1-2H3;1-3,14H,(H,15,16);1-4H,5,12H2;3H,2H2,1H3;2*1H4;1H/i;;;;;;;;1+1. The van der Waals surface area contributed by atoms with E-state index in [9.17, 15) is 55.7 Å². The van der Waals surface area contributed by atoms with Gasteiger partial charge in [-0.3, -0.25) is 4.79 Å². The van der Waals surface area contributed by atoms with Crippen molar-refractivity contribution in [1.29, 1.82) is 0 Å². The fourth-order valence-electron chi connectivity index (χ4n) is 8.41. The Kier molecular flexibility index (Phi) is 37.6. The highest BCUT2D eigenvalue weighted by molar-refractivity contribution is 9.11. The van der Waals surface area contributed by atoms with Crippen molar-refractivity contribution in [2.24, 2.45) is 5.73 Å². The van der Waals surface area contributed by atoms with Gasteiger partial charge in [-0.1, -0.05) is 132 Å². The molecular formula is C70H68BBrCl8F6N6O15S4. The van der Waals surface area contributed by atoms with Crippen LogP contribution in [0.25, 0.3) is 31.7 Å². The molecule has 0 aliphatic carbocycles. The van der Waals surface area contributed by atoms with Crippen LogP contribution in [0.4, 0.5) is 26.3 Å². The first-order valence-electron chi connectivity index (χ1n) is 30.6. The number of methoxy groups -OCH3 is 2. The van der Waals surface area contributed by atoms with Crippen LogP contribution in [-0.2, 0) is 31.9 Å². The summed E-state index contributed by atoms with van der Waals surface area (Å²) in [5.74, 6) is -2.60. The van der Waals surface area contributed by atoms with Gasteiger partial charge in [0.05, 0.1) is 78.8 Å². The predicted molar refractivity (Wildman–Crippen MR) is 431 cm³/mol. The molecule has 0 saturated carbocycles. The minimum Gasteiger partial charge on any atom is -0.505 e. The molecule has 5 heterocycles. The smallest absolute Gasteiger partial charge is 0.505 e. The molecule has 1 amide bonds. The van der Waals surface area contributed by atoms with Crippen molar-refractivity contribution in [2.75, 3.05) is 27.4 Å². The first-order valence-corrected chi connectivity index (χ1v) is 38.0. The topological polar surface area (TPSA) is 292 Å². The third-order valence-corrected chi connectivity index (χ3v) is 20.4. The van der Waals surface area contributed by atoms with E-state index >= 15 is 0 Å². The minimum atomic E-state index is -4.79. The number of alkyl halides is 6. The second-order valence-corrected chi connectivity index (χ2v) is 30.2. The van der Waals surface area contributed by atoms with Gasteiger partial charge in [0.25, 0.3) is 5.91 Å². The number of carboxylic acids is 1. The van der Waals surface area contributed by atoms with Gasteiger partial charge in [-0.25, -0.2) is 34.3 Å². The van der Waals surface area contributed by atoms with E-state index in [0.29, 0.717) is 91.7 Å². The van der Waals surface area contributed by atoms with Gasteiger partial charge < -0.3 is 64.1 Å². The number of amides is 1. The Bertz CT molecular complexity index is 4730. The number of aromatic carboxylic acids is 1. The van der Waals surface area contributed by atoms with Gasteiger partial charge in [-0.15, -0.1) is 71.7 Å². The van der Waals surface area contributed by atoms with Crippen molar-refractivity contribution >= 4 is 190 Å². The van der Waals surface area contributed by atoms with Crippen LogP contribution in [0.2, 0.25) is 40.2 Å². The lowest BCUT2D eigenvalue weighted by Crippen LogP contribution is -2.41. The van der Waals surface area contributed by atoms with Crippen LogP contribution < -0.4 is 35.5 Å². The van der Waals surface area contributed by atoms with Crippen molar-refractivity contribution in [3.63, 3.8) is 0 Å². The van der Waals surface area contributed by atoms with Crippen LogP contribution in [0.3, 0.4) is 0 Å². The molecule has 600 valence electrons. The van der Waals surface area contributed by atoms with E-state index in [-0.39, 0.29) is 95.5 Å². The third-order valence-electron chi connectivity index (χ3n) is 14.1. The first-order chi connectivity index (χ1) is 51.1. The molecule has 10 aromatic rings. The van der Waals surface area contributed by atoms with E-state index in [1.54, 1.807) is 61.0 Å². The zero-order chi connectivity index (χ0) is 81.0. The van der Waals surface area contributed by atoms with E-state index in [1.807, 2.05) is 27.7 Å². The molecule has 11 rings (SSSR count). The maximum atomic E-state index is 12.3. The fraction of sp³-hybridized carbons (Fsp3) is 0.257. The Balaban J connectivity index is 0.000000355. The summed E-state index contributed by atoms with van der Waals surface area (Å²) < 4.78 is 112. The number of halogens is 15. The molecule has 1 aliphatic rings. The number of aromatic hydroxyl groups is 2. The molecule has 21 nitrogen and oxygen atoms in total. The lowest BCUT2D eigenvalue weighted by atomic mass is 9.79. The number of nitrogens with one attached hydrogen (secondary N) is 1. The molecule has 0 spiro atoms. The molecule has 0 radical (unpaired) electrons. The number of carboxylic acid groups (broad SMARTS) is 1. The Labute approximate surface area is 699 Å². The molecule has 0 bridgehead atoms. The van der Waals surface area contributed by atoms with Crippen molar-refractivity contribution in [2.45, 2.75) is 93.4 Å². The van der Waals surface area contributed by atoms with Crippen LogP contribution in [0, 0.1) is 0 Å². The van der Waals surface area contributed by atoms with Gasteiger partial charge in [-0.2, -0.15) is 0 Å². The predicted octanol–water partition coefficient (Wildman–Crippen LogP) is 22.4. The molecule has 0 unspecified atom stereocenters. The molecule has 6 aromatic carbocycles. The van der Waals surface area contributed by atoms with Crippen molar-refractivity contribution in [1.82, 2.24) is 25.3 Å². The number of nitrogens with two attached hydrogens (primary N) is 1. The number of benzene rings is 6. The zero-order valence-corrected chi connectivity index (χ0v) is 68.3. The number of nitrogens with zero attached hydrogens (tertiary/aromatic N) is 4. The number of esters is 2. The van der Waals surface area contributed by atoms with Gasteiger partial charge in [-0.05, 0) is 147 Å². The number of phenolic OH excluding ortho intramolecular Hbond substituents is 2. The van der Waals surface area contributed by atoms with Crippen molar-refractivity contribution in [3.05, 3.63) is 197 Å². The van der Waals surface area contributed by atoms with Gasteiger partial charge in [0.2, 0.25) is 0 Å². The number of ether oxygens (including phenoxy) is 6. The van der Waals surface area contributed by atoms with Crippen LogP contribution >= 0.6 is 154 Å². The van der Waals surface area contributed by atoms with Crippen molar-refractivity contribution in [3.8, 4) is 66.2 Å². The van der Waals surface area contributed by atoms with E-state index in [1.165, 1.54) is 120 Å². The third kappa shape index (κ3) is 28.7. The molecular weight excluding hydrogens is 1780 g/mol. The lowest BCUT2D eigenvalue weighted by molar-refractivity contribution is -0.275. The highest BCUT2D eigenvalue weighted by Crippen LogP contribution is 2.42. The van der Waals surface area contributed by atoms with E-state index in [4.69, 9.17) is 132 Å². The zero-order valence-electron chi connectivity index (χ0n) is 57.4. The summed E-state index contributed by atoms with van der Waals surface area (Å²) in [7, 11) is 2.54. The number of hydrogen-bond acceptors (Lipinski definition) is 23. The number of thiazole rings is 4. The summed E-state index contributed by atoms with van der Waals surface area (Å²) in [5.41, 5.74) is 8.80. The van der Waals surface area contributed by atoms with E-state index < -0.39 is 48.9 Å². The monoisotopic (exact) mass is 1850 g/mol. The number of aromatic nitrogens is 4. The summed E-state index contributed by atoms with van der Waals surface area (Å²) in [4.78, 5) is 61.7. The maximum Gasteiger partial charge on any atom is 0.573 e. The lowest BCUT2D eigenvalue weighted by Gasteiger charge is -2.32. The van der Waals surface area contributed by atoms with Crippen molar-refractivity contribution < 1.29 is 100.0 Å². The normalized spacial score (nSPS) is 12.3. The highest BCUT2D eigenvalue weighted by atomic mass is 79.9. The highest BCUT2D eigenvalue weighted by Gasteiger charge is 2.52. The Morgan fingerprint density at radius 1 is 0.550 bits per heavy atom. The molecule has 4 aromatic heterocycles. The fourth-order valence-corrected chi connectivity index (χ4v) is 14.0. The Morgan fingerprint density at radius 2 is 0.901 bits per heavy atom. The molecule has 111 heavy (non-hydrogen) atoms. The van der Waals surface area contributed by atoms with Gasteiger partial charge in [0.1, 0.15) is 32.2 Å². The Morgan fingerprint density at radius 3 is 1.27 bits per heavy atom. The minimum absolute atomic E-state index is 0. The molecule has 1 fully saturated rings.